The minimum atomic E-state index is -1.11. The Balaban J connectivity index is 2.71. The highest BCUT2D eigenvalue weighted by molar-refractivity contribution is 5.83. The second kappa shape index (κ2) is 9.53. The molecular formula is C17H27NO3. The molecule has 1 unspecified atom stereocenters. The summed E-state index contributed by atoms with van der Waals surface area (Å²) in [5, 5.41) is 9.14. The molecule has 0 aromatic heterocycles. The van der Waals surface area contributed by atoms with Crippen molar-refractivity contribution in [3.8, 4) is 0 Å². The van der Waals surface area contributed by atoms with Crippen LogP contribution in [0.1, 0.15) is 51.0 Å². The minimum Gasteiger partial charge on any atom is -0.371 e. The molecule has 0 aliphatic rings. The molecule has 1 rings (SSSR count). The average Bonchev–Trinajstić information content (AvgIpc) is 2.48. The fourth-order valence-electron chi connectivity index (χ4n) is 2.56. The van der Waals surface area contributed by atoms with Gasteiger partial charge < -0.3 is 15.6 Å². The smallest absolute Gasteiger partial charge is 0.250 e. The van der Waals surface area contributed by atoms with Gasteiger partial charge in [0.2, 0.25) is 5.91 Å². The monoisotopic (exact) mass is 293 g/mol. The zero-order chi connectivity index (χ0) is 15.6. The predicted octanol–water partition coefficient (Wildman–Crippen LogP) is 2.78. The zero-order valence-electron chi connectivity index (χ0n) is 12.9. The van der Waals surface area contributed by atoms with Crippen molar-refractivity contribution in [2.45, 2.75) is 57.5 Å². The van der Waals surface area contributed by atoms with E-state index in [1.165, 1.54) is 12.8 Å². The van der Waals surface area contributed by atoms with Gasteiger partial charge in [0.15, 0.2) is 5.60 Å². The number of benzene rings is 1. The van der Waals surface area contributed by atoms with Gasteiger partial charge in [-0.1, -0.05) is 69.4 Å². The average molecular weight is 293 g/mol. The quantitative estimate of drug-likeness (QED) is 0.487. The van der Waals surface area contributed by atoms with E-state index in [1.807, 2.05) is 30.3 Å². The zero-order valence-corrected chi connectivity index (χ0v) is 12.9. The van der Waals surface area contributed by atoms with Crippen molar-refractivity contribution in [3.05, 3.63) is 35.9 Å². The number of rotatable bonds is 11. The number of carbonyl (C=O) groups is 1. The number of aliphatic hydroxyl groups is 1. The van der Waals surface area contributed by atoms with Crippen molar-refractivity contribution in [1.82, 2.24) is 0 Å². The van der Waals surface area contributed by atoms with Crippen LogP contribution >= 0.6 is 0 Å². The summed E-state index contributed by atoms with van der Waals surface area (Å²) in [5.74, 6) is -0.504. The third-order valence-electron chi connectivity index (χ3n) is 3.81. The van der Waals surface area contributed by atoms with E-state index in [0.29, 0.717) is 12.8 Å². The molecule has 1 aromatic carbocycles. The lowest BCUT2D eigenvalue weighted by atomic mass is 9.88. The summed E-state index contributed by atoms with van der Waals surface area (Å²) in [6, 6.07) is 9.64. The summed E-state index contributed by atoms with van der Waals surface area (Å²) >= 11 is 0. The number of aliphatic hydroxyl groups excluding tert-OH is 1. The number of hydrogen-bond donors (Lipinski definition) is 2. The molecule has 0 saturated carbocycles. The molecule has 118 valence electrons. The highest BCUT2D eigenvalue weighted by Crippen LogP contribution is 2.25. The summed E-state index contributed by atoms with van der Waals surface area (Å²) < 4.78 is 5.38. The Bertz CT molecular complexity index is 408. The molecule has 0 aliphatic carbocycles. The van der Waals surface area contributed by atoms with Crippen molar-refractivity contribution in [2.75, 3.05) is 6.79 Å². The number of nitrogens with two attached hydrogens (primary N) is 1. The Labute approximate surface area is 127 Å². The van der Waals surface area contributed by atoms with E-state index in [-0.39, 0.29) is 0 Å². The van der Waals surface area contributed by atoms with Gasteiger partial charge in [-0.25, -0.2) is 0 Å². The molecular weight excluding hydrogens is 266 g/mol. The maximum Gasteiger partial charge on any atom is 0.250 e. The van der Waals surface area contributed by atoms with Gasteiger partial charge in [0.05, 0.1) is 0 Å². The highest BCUT2D eigenvalue weighted by Gasteiger charge is 2.37. The molecule has 0 spiro atoms. The van der Waals surface area contributed by atoms with Crippen molar-refractivity contribution in [1.29, 1.82) is 0 Å². The Hall–Kier alpha value is -1.39. The second-order valence-electron chi connectivity index (χ2n) is 5.46. The summed E-state index contributed by atoms with van der Waals surface area (Å²) in [5.41, 5.74) is 5.45. The van der Waals surface area contributed by atoms with E-state index in [1.54, 1.807) is 0 Å². The molecule has 4 nitrogen and oxygen atoms in total. The van der Waals surface area contributed by atoms with Crippen LogP contribution in [-0.2, 0) is 16.0 Å². The summed E-state index contributed by atoms with van der Waals surface area (Å²) in [7, 11) is 0. The molecule has 0 heterocycles. The number of amides is 1. The fraction of sp³-hybridized carbons (Fsp3) is 0.588. The Kier molecular flexibility index (Phi) is 8.01. The Morgan fingerprint density at radius 3 is 2.43 bits per heavy atom. The first-order valence-corrected chi connectivity index (χ1v) is 7.73. The third-order valence-corrected chi connectivity index (χ3v) is 3.81. The molecule has 0 fully saturated rings. The SMILES string of the molecule is CCCCCCCC(Cc1ccccc1)(OCO)C(N)=O. The molecule has 1 amide bonds. The van der Waals surface area contributed by atoms with Crippen LogP contribution in [0.2, 0.25) is 0 Å². The molecule has 1 atom stereocenters. The molecule has 21 heavy (non-hydrogen) atoms. The van der Waals surface area contributed by atoms with Crippen LogP contribution in [0.15, 0.2) is 30.3 Å². The molecule has 3 N–H and O–H groups in total. The normalized spacial score (nSPS) is 13.8. The summed E-state index contributed by atoms with van der Waals surface area (Å²) in [6.07, 6.45) is 6.39. The van der Waals surface area contributed by atoms with Crippen LogP contribution in [0.25, 0.3) is 0 Å². The van der Waals surface area contributed by atoms with E-state index in [2.05, 4.69) is 6.92 Å². The predicted molar refractivity (Wildman–Crippen MR) is 83.6 cm³/mol. The van der Waals surface area contributed by atoms with Crippen LogP contribution in [0, 0.1) is 0 Å². The Morgan fingerprint density at radius 2 is 1.86 bits per heavy atom. The van der Waals surface area contributed by atoms with Crippen molar-refractivity contribution < 1.29 is 14.6 Å². The number of unbranched alkanes of at least 4 members (excludes halogenated alkanes) is 4. The third kappa shape index (κ3) is 5.86. The maximum atomic E-state index is 11.9. The maximum absolute atomic E-state index is 11.9. The van der Waals surface area contributed by atoms with Gasteiger partial charge in [0.25, 0.3) is 0 Å². The van der Waals surface area contributed by atoms with Gasteiger partial charge in [-0.3, -0.25) is 4.79 Å². The highest BCUT2D eigenvalue weighted by atomic mass is 16.6. The van der Waals surface area contributed by atoms with E-state index < -0.39 is 18.3 Å². The fourth-order valence-corrected chi connectivity index (χ4v) is 2.56. The van der Waals surface area contributed by atoms with Gasteiger partial charge in [-0.05, 0) is 12.0 Å². The first-order chi connectivity index (χ1) is 10.1. The van der Waals surface area contributed by atoms with E-state index in [0.717, 1.165) is 24.8 Å². The van der Waals surface area contributed by atoms with E-state index in [4.69, 9.17) is 15.6 Å². The molecule has 0 saturated heterocycles. The number of ether oxygens (including phenoxy) is 1. The number of hydrogen-bond acceptors (Lipinski definition) is 3. The van der Waals surface area contributed by atoms with Gasteiger partial charge in [0.1, 0.15) is 6.79 Å². The van der Waals surface area contributed by atoms with Crippen LogP contribution in [0.3, 0.4) is 0 Å². The lowest BCUT2D eigenvalue weighted by Gasteiger charge is -2.30. The number of carbonyl (C=O) groups excluding carboxylic acids is 1. The first-order valence-electron chi connectivity index (χ1n) is 7.73. The van der Waals surface area contributed by atoms with Gasteiger partial charge in [0, 0.05) is 6.42 Å². The first kappa shape index (κ1) is 17.7. The van der Waals surface area contributed by atoms with Crippen LogP contribution < -0.4 is 5.73 Å². The second-order valence-corrected chi connectivity index (χ2v) is 5.46. The standard InChI is InChI=1S/C17H27NO3/c1-2-3-4-5-9-12-17(16(18)20,21-14-19)13-15-10-7-6-8-11-15/h6-8,10-11,19H,2-5,9,12-14H2,1H3,(H2,18,20). The minimum absolute atomic E-state index is 0.400. The van der Waals surface area contributed by atoms with Crippen LogP contribution in [0.4, 0.5) is 0 Å². The molecule has 1 aromatic rings. The topological polar surface area (TPSA) is 72.6 Å². The van der Waals surface area contributed by atoms with Crippen molar-refractivity contribution in [2.24, 2.45) is 5.73 Å². The molecule has 4 heteroatoms. The lowest BCUT2D eigenvalue weighted by Crippen LogP contribution is -2.48. The van der Waals surface area contributed by atoms with Crippen molar-refractivity contribution in [3.63, 3.8) is 0 Å². The van der Waals surface area contributed by atoms with Crippen LogP contribution in [0.5, 0.6) is 0 Å². The summed E-state index contributed by atoms with van der Waals surface area (Å²) in [4.78, 5) is 11.9. The van der Waals surface area contributed by atoms with Gasteiger partial charge in [-0.15, -0.1) is 0 Å². The molecule has 0 radical (unpaired) electrons. The molecule has 0 aliphatic heterocycles. The Morgan fingerprint density at radius 1 is 1.19 bits per heavy atom. The number of primary amides is 1. The molecule has 0 bridgehead atoms. The largest absolute Gasteiger partial charge is 0.371 e. The van der Waals surface area contributed by atoms with E-state index >= 15 is 0 Å². The summed E-state index contributed by atoms with van der Waals surface area (Å²) in [6.45, 7) is 1.67. The van der Waals surface area contributed by atoms with E-state index in [9.17, 15) is 4.79 Å². The lowest BCUT2D eigenvalue weighted by molar-refractivity contribution is -0.159. The van der Waals surface area contributed by atoms with Gasteiger partial charge in [-0.2, -0.15) is 0 Å². The van der Waals surface area contributed by atoms with Crippen LogP contribution in [-0.4, -0.2) is 23.4 Å². The van der Waals surface area contributed by atoms with Gasteiger partial charge >= 0.3 is 0 Å². The van der Waals surface area contributed by atoms with Crippen molar-refractivity contribution >= 4 is 5.91 Å².